The maximum atomic E-state index is 11.7. The lowest BCUT2D eigenvalue weighted by Gasteiger charge is -2.03. The zero-order valence-electron chi connectivity index (χ0n) is 9.15. The quantitative estimate of drug-likeness (QED) is 0.746. The molecule has 0 bridgehead atoms. The molecular formula is C12H12O4. The summed E-state index contributed by atoms with van der Waals surface area (Å²) in [5.74, 6) is 0.208. The first-order valence-electron chi connectivity index (χ1n) is 4.99. The van der Waals surface area contributed by atoms with Crippen LogP contribution in [0.4, 0.5) is 0 Å². The van der Waals surface area contributed by atoms with Crippen LogP contribution < -0.4 is 4.74 Å². The topological polar surface area (TPSA) is 48.7 Å². The first kappa shape index (κ1) is 10.5. The van der Waals surface area contributed by atoms with Crippen molar-refractivity contribution in [3.8, 4) is 5.75 Å². The van der Waals surface area contributed by atoms with E-state index in [0.717, 1.165) is 0 Å². The molecule has 0 spiro atoms. The highest BCUT2D eigenvalue weighted by Crippen LogP contribution is 2.30. The molecule has 0 saturated heterocycles. The Morgan fingerprint density at radius 2 is 2.25 bits per heavy atom. The Morgan fingerprint density at radius 1 is 1.44 bits per heavy atom. The Labute approximate surface area is 92.8 Å². The number of fused-ring (bicyclic) bond motifs is 1. The van der Waals surface area contributed by atoms with Gasteiger partial charge in [0.25, 0.3) is 0 Å². The Kier molecular flexibility index (Phi) is 2.81. The van der Waals surface area contributed by atoms with Crippen molar-refractivity contribution in [1.29, 1.82) is 0 Å². The van der Waals surface area contributed by atoms with E-state index in [2.05, 4.69) is 0 Å². The zero-order chi connectivity index (χ0) is 11.5. The van der Waals surface area contributed by atoms with E-state index < -0.39 is 5.97 Å². The summed E-state index contributed by atoms with van der Waals surface area (Å²) in [4.78, 5) is 11.7. The van der Waals surface area contributed by atoms with Crippen molar-refractivity contribution in [1.82, 2.24) is 0 Å². The van der Waals surface area contributed by atoms with Crippen LogP contribution >= 0.6 is 0 Å². The van der Waals surface area contributed by atoms with E-state index in [1.165, 1.54) is 6.26 Å². The van der Waals surface area contributed by atoms with E-state index in [1.807, 2.05) is 0 Å². The molecule has 4 heteroatoms. The molecule has 1 aromatic heterocycles. The van der Waals surface area contributed by atoms with Crippen molar-refractivity contribution in [2.75, 3.05) is 13.7 Å². The molecule has 0 fully saturated rings. The maximum Gasteiger partial charge on any atom is 0.342 e. The van der Waals surface area contributed by atoms with Gasteiger partial charge in [-0.3, -0.25) is 0 Å². The van der Waals surface area contributed by atoms with Crippen molar-refractivity contribution in [3.63, 3.8) is 0 Å². The Bertz CT molecular complexity index is 513. The third kappa shape index (κ3) is 1.62. The zero-order valence-corrected chi connectivity index (χ0v) is 9.15. The molecule has 0 radical (unpaired) electrons. The van der Waals surface area contributed by atoms with Crippen molar-refractivity contribution in [2.45, 2.75) is 6.92 Å². The SMILES string of the molecule is CCOC(=O)c1coc2cccc(OC)c12. The van der Waals surface area contributed by atoms with Crippen LogP contribution in [0.15, 0.2) is 28.9 Å². The third-order valence-electron chi connectivity index (χ3n) is 2.28. The number of benzene rings is 1. The smallest absolute Gasteiger partial charge is 0.342 e. The molecule has 1 heterocycles. The summed E-state index contributed by atoms with van der Waals surface area (Å²) in [7, 11) is 1.55. The highest BCUT2D eigenvalue weighted by atomic mass is 16.5. The van der Waals surface area contributed by atoms with Gasteiger partial charge >= 0.3 is 5.97 Å². The second-order valence-corrected chi connectivity index (χ2v) is 3.20. The minimum absolute atomic E-state index is 0.334. The number of furan rings is 1. The largest absolute Gasteiger partial charge is 0.496 e. The van der Waals surface area contributed by atoms with Gasteiger partial charge < -0.3 is 13.9 Å². The fraction of sp³-hybridized carbons (Fsp3) is 0.250. The van der Waals surface area contributed by atoms with Crippen LogP contribution in [0.2, 0.25) is 0 Å². The minimum atomic E-state index is -0.397. The first-order valence-corrected chi connectivity index (χ1v) is 4.99. The van der Waals surface area contributed by atoms with E-state index in [9.17, 15) is 4.79 Å². The van der Waals surface area contributed by atoms with Crippen LogP contribution in [0.25, 0.3) is 11.0 Å². The van der Waals surface area contributed by atoms with Crippen molar-refractivity contribution in [2.24, 2.45) is 0 Å². The maximum absolute atomic E-state index is 11.7. The molecule has 2 aromatic rings. The van der Waals surface area contributed by atoms with Gasteiger partial charge in [-0.25, -0.2) is 4.79 Å². The van der Waals surface area contributed by atoms with E-state index in [-0.39, 0.29) is 0 Å². The Hall–Kier alpha value is -1.97. The fourth-order valence-electron chi connectivity index (χ4n) is 1.59. The molecule has 0 aliphatic carbocycles. The number of carbonyl (C=O) groups excluding carboxylic acids is 1. The van der Waals surface area contributed by atoms with Gasteiger partial charge in [0.2, 0.25) is 0 Å². The van der Waals surface area contributed by atoms with Crippen LogP contribution in [-0.4, -0.2) is 19.7 Å². The molecule has 0 aliphatic heterocycles. The van der Waals surface area contributed by atoms with Gasteiger partial charge in [0.1, 0.15) is 23.2 Å². The van der Waals surface area contributed by atoms with Crippen LogP contribution in [0.3, 0.4) is 0 Å². The standard InChI is InChI=1S/C12H12O4/c1-3-15-12(13)8-7-16-10-6-4-5-9(14-2)11(8)10/h4-7H,3H2,1-2H3. The molecule has 0 saturated carbocycles. The molecule has 0 amide bonds. The van der Waals surface area contributed by atoms with Gasteiger partial charge in [0, 0.05) is 0 Å². The lowest BCUT2D eigenvalue weighted by Crippen LogP contribution is -2.03. The highest BCUT2D eigenvalue weighted by molar-refractivity contribution is 6.05. The average Bonchev–Trinajstić information content (AvgIpc) is 2.72. The normalized spacial score (nSPS) is 10.4. The van der Waals surface area contributed by atoms with E-state index in [4.69, 9.17) is 13.9 Å². The molecule has 0 atom stereocenters. The number of carbonyl (C=O) groups is 1. The van der Waals surface area contributed by atoms with Crippen LogP contribution in [0.5, 0.6) is 5.75 Å². The van der Waals surface area contributed by atoms with Gasteiger partial charge in [-0.1, -0.05) is 6.07 Å². The molecule has 84 valence electrons. The Balaban J connectivity index is 2.58. The number of hydrogen-bond donors (Lipinski definition) is 0. The monoisotopic (exact) mass is 220 g/mol. The number of rotatable bonds is 3. The van der Waals surface area contributed by atoms with Crippen LogP contribution in [-0.2, 0) is 4.74 Å². The summed E-state index contributed by atoms with van der Waals surface area (Å²) >= 11 is 0. The molecule has 2 rings (SSSR count). The number of ether oxygens (including phenoxy) is 2. The van der Waals surface area contributed by atoms with Crippen LogP contribution in [0.1, 0.15) is 17.3 Å². The van der Waals surface area contributed by atoms with E-state index in [1.54, 1.807) is 32.2 Å². The second kappa shape index (κ2) is 4.26. The minimum Gasteiger partial charge on any atom is -0.496 e. The lowest BCUT2D eigenvalue weighted by atomic mass is 10.1. The average molecular weight is 220 g/mol. The summed E-state index contributed by atoms with van der Waals surface area (Å²) in [6.45, 7) is 2.10. The Morgan fingerprint density at radius 3 is 2.94 bits per heavy atom. The van der Waals surface area contributed by atoms with Crippen LogP contribution in [0, 0.1) is 0 Å². The summed E-state index contributed by atoms with van der Waals surface area (Å²) in [5, 5.41) is 0.656. The lowest BCUT2D eigenvalue weighted by molar-refractivity contribution is 0.0527. The predicted molar refractivity (Wildman–Crippen MR) is 58.7 cm³/mol. The number of hydrogen-bond acceptors (Lipinski definition) is 4. The van der Waals surface area contributed by atoms with Gasteiger partial charge in [0.15, 0.2) is 0 Å². The van der Waals surface area contributed by atoms with E-state index >= 15 is 0 Å². The molecule has 4 nitrogen and oxygen atoms in total. The third-order valence-corrected chi connectivity index (χ3v) is 2.28. The van der Waals surface area contributed by atoms with Gasteiger partial charge in [-0.05, 0) is 19.1 Å². The summed E-state index contributed by atoms with van der Waals surface area (Å²) < 4.78 is 15.4. The molecular weight excluding hydrogens is 208 g/mol. The number of esters is 1. The van der Waals surface area contributed by atoms with Gasteiger partial charge in [-0.15, -0.1) is 0 Å². The van der Waals surface area contributed by atoms with Gasteiger partial charge in [0.05, 0.1) is 19.1 Å². The summed E-state index contributed by atoms with van der Waals surface area (Å²) in [6.07, 6.45) is 1.39. The predicted octanol–water partition coefficient (Wildman–Crippen LogP) is 2.62. The molecule has 0 N–H and O–H groups in total. The van der Waals surface area contributed by atoms with Crippen molar-refractivity contribution < 1.29 is 18.7 Å². The molecule has 0 unspecified atom stereocenters. The van der Waals surface area contributed by atoms with Crippen molar-refractivity contribution >= 4 is 16.9 Å². The fourth-order valence-corrected chi connectivity index (χ4v) is 1.59. The molecule has 0 aliphatic rings. The van der Waals surface area contributed by atoms with Crippen molar-refractivity contribution in [3.05, 3.63) is 30.0 Å². The highest BCUT2D eigenvalue weighted by Gasteiger charge is 2.17. The van der Waals surface area contributed by atoms with E-state index in [0.29, 0.717) is 28.9 Å². The van der Waals surface area contributed by atoms with Gasteiger partial charge in [-0.2, -0.15) is 0 Å². The molecule has 1 aromatic carbocycles. The second-order valence-electron chi connectivity index (χ2n) is 3.20. The number of methoxy groups -OCH3 is 1. The molecule has 16 heavy (non-hydrogen) atoms. The first-order chi connectivity index (χ1) is 7.77. The summed E-state index contributed by atoms with van der Waals surface area (Å²) in [6, 6.07) is 5.36. The summed E-state index contributed by atoms with van der Waals surface area (Å²) in [5.41, 5.74) is 1.01.